The van der Waals surface area contributed by atoms with Crippen molar-refractivity contribution in [3.05, 3.63) is 35.4 Å². The molecule has 2 aliphatic rings. The Morgan fingerprint density at radius 3 is 2.68 bits per heavy atom. The largest absolute Gasteiger partial charge is 0.416 e. The van der Waals surface area contributed by atoms with Crippen LogP contribution in [-0.4, -0.2) is 36.5 Å². The summed E-state index contributed by atoms with van der Waals surface area (Å²) in [5, 5.41) is 2.99. The molecule has 1 aromatic carbocycles. The van der Waals surface area contributed by atoms with Crippen molar-refractivity contribution in [2.75, 3.05) is 19.6 Å². The van der Waals surface area contributed by atoms with E-state index in [1.807, 2.05) is 0 Å². The number of hydrogen-bond acceptors (Lipinski definition) is 2. The molecule has 1 heterocycles. The van der Waals surface area contributed by atoms with Crippen LogP contribution >= 0.6 is 0 Å². The van der Waals surface area contributed by atoms with Crippen LogP contribution in [0.4, 0.5) is 13.2 Å². The summed E-state index contributed by atoms with van der Waals surface area (Å²) in [4.78, 5) is 14.1. The number of nitrogens with zero attached hydrogens (tertiary/aromatic N) is 1. The Hall–Kier alpha value is -1.56. The molecule has 0 radical (unpaired) electrons. The van der Waals surface area contributed by atoms with Crippen molar-refractivity contribution in [2.24, 2.45) is 5.92 Å². The Morgan fingerprint density at radius 1 is 1.20 bits per heavy atom. The molecular formula is C19H25F3N2O. The van der Waals surface area contributed by atoms with E-state index >= 15 is 0 Å². The topological polar surface area (TPSA) is 32.3 Å². The number of piperidine rings is 1. The molecule has 1 unspecified atom stereocenters. The van der Waals surface area contributed by atoms with Gasteiger partial charge in [0, 0.05) is 12.6 Å². The highest BCUT2D eigenvalue weighted by Crippen LogP contribution is 2.33. The fraction of sp³-hybridized carbons (Fsp3) is 0.632. The van der Waals surface area contributed by atoms with Gasteiger partial charge >= 0.3 is 6.18 Å². The Balaban J connectivity index is 1.50. The van der Waals surface area contributed by atoms with E-state index in [0.717, 1.165) is 51.3 Å². The first kappa shape index (κ1) is 18.2. The van der Waals surface area contributed by atoms with Gasteiger partial charge in [-0.15, -0.1) is 0 Å². The summed E-state index contributed by atoms with van der Waals surface area (Å²) in [5.74, 6) is 0.425. The minimum Gasteiger partial charge on any atom is -0.352 e. The van der Waals surface area contributed by atoms with Gasteiger partial charge in [0.25, 0.3) is 0 Å². The summed E-state index contributed by atoms with van der Waals surface area (Å²) in [5.41, 5.74) is -0.148. The van der Waals surface area contributed by atoms with E-state index < -0.39 is 11.7 Å². The third-order valence-electron chi connectivity index (χ3n) is 5.06. The molecule has 0 aromatic heterocycles. The molecule has 3 rings (SSSR count). The van der Waals surface area contributed by atoms with Gasteiger partial charge in [0.05, 0.1) is 12.1 Å². The van der Waals surface area contributed by atoms with Gasteiger partial charge in [-0.25, -0.2) is 0 Å². The van der Waals surface area contributed by atoms with Crippen LogP contribution in [0.5, 0.6) is 0 Å². The van der Waals surface area contributed by atoms with Crippen LogP contribution in [0.2, 0.25) is 0 Å². The molecule has 1 aliphatic carbocycles. The van der Waals surface area contributed by atoms with E-state index in [1.165, 1.54) is 6.07 Å². The highest BCUT2D eigenvalue weighted by Gasteiger charge is 2.33. The zero-order valence-corrected chi connectivity index (χ0v) is 14.3. The predicted molar refractivity (Wildman–Crippen MR) is 90.1 cm³/mol. The minimum atomic E-state index is -4.30. The number of rotatable bonds is 6. The summed E-state index contributed by atoms with van der Waals surface area (Å²) >= 11 is 0. The molecule has 3 nitrogen and oxygen atoms in total. The lowest BCUT2D eigenvalue weighted by atomic mass is 9.90. The number of alkyl halides is 3. The van der Waals surface area contributed by atoms with Crippen molar-refractivity contribution in [1.82, 2.24) is 10.2 Å². The summed E-state index contributed by atoms with van der Waals surface area (Å²) in [6.45, 7) is 2.10. The quantitative estimate of drug-likeness (QED) is 0.846. The normalized spacial score (nSPS) is 22.0. The second kappa shape index (κ2) is 7.77. The first-order chi connectivity index (χ1) is 11.9. The lowest BCUT2D eigenvalue weighted by Crippen LogP contribution is -2.43. The van der Waals surface area contributed by atoms with E-state index in [2.05, 4.69) is 10.2 Å². The van der Waals surface area contributed by atoms with Crippen LogP contribution in [-0.2, 0) is 17.4 Å². The van der Waals surface area contributed by atoms with Crippen molar-refractivity contribution < 1.29 is 18.0 Å². The van der Waals surface area contributed by atoms with Gasteiger partial charge in [0.1, 0.15) is 0 Å². The van der Waals surface area contributed by atoms with Crippen LogP contribution in [0.15, 0.2) is 24.3 Å². The molecule has 2 fully saturated rings. The molecule has 1 atom stereocenters. The standard InChI is InChI=1S/C19H25F3N2O/c20-19(21,22)17-6-2-1-5-15(17)8-7-14-4-3-11-24(12-14)13-18(25)23-16-9-10-16/h1-2,5-6,14,16H,3-4,7-13H2,(H,23,25). The Labute approximate surface area is 146 Å². The summed E-state index contributed by atoms with van der Waals surface area (Å²) in [6, 6.07) is 6.21. The number of carbonyl (C=O) groups excluding carboxylic acids is 1. The van der Waals surface area contributed by atoms with Gasteiger partial charge in [0.2, 0.25) is 5.91 Å². The molecule has 1 aromatic rings. The van der Waals surface area contributed by atoms with E-state index in [9.17, 15) is 18.0 Å². The molecule has 1 aliphatic heterocycles. The molecule has 1 saturated heterocycles. The lowest BCUT2D eigenvalue weighted by molar-refractivity contribution is -0.138. The maximum absolute atomic E-state index is 13.1. The molecule has 138 valence electrons. The molecule has 6 heteroatoms. The van der Waals surface area contributed by atoms with Gasteiger partial charge in [-0.05, 0) is 62.6 Å². The van der Waals surface area contributed by atoms with Crippen molar-refractivity contribution in [3.63, 3.8) is 0 Å². The predicted octanol–water partition coefficient (Wildman–Crippen LogP) is 3.63. The first-order valence-electron chi connectivity index (χ1n) is 9.08. The summed E-state index contributed by atoms with van der Waals surface area (Å²) < 4.78 is 39.2. The van der Waals surface area contributed by atoms with E-state index in [1.54, 1.807) is 12.1 Å². The molecule has 1 N–H and O–H groups in total. The van der Waals surface area contributed by atoms with Crippen LogP contribution in [0.3, 0.4) is 0 Å². The fourth-order valence-corrected chi connectivity index (χ4v) is 3.61. The number of likely N-dealkylation sites (tertiary alicyclic amines) is 1. The van der Waals surface area contributed by atoms with E-state index in [4.69, 9.17) is 0 Å². The Kier molecular flexibility index (Phi) is 5.67. The zero-order valence-electron chi connectivity index (χ0n) is 14.3. The van der Waals surface area contributed by atoms with Gasteiger partial charge in [-0.1, -0.05) is 18.2 Å². The maximum Gasteiger partial charge on any atom is 0.416 e. The molecule has 1 saturated carbocycles. The smallest absolute Gasteiger partial charge is 0.352 e. The van der Waals surface area contributed by atoms with E-state index in [-0.39, 0.29) is 5.91 Å². The van der Waals surface area contributed by atoms with Crippen LogP contribution < -0.4 is 5.32 Å². The second-order valence-electron chi connectivity index (χ2n) is 7.28. The third kappa shape index (κ3) is 5.46. The average Bonchev–Trinajstić information content (AvgIpc) is 3.36. The number of nitrogens with one attached hydrogen (secondary N) is 1. The van der Waals surface area contributed by atoms with Crippen LogP contribution in [0.25, 0.3) is 0 Å². The van der Waals surface area contributed by atoms with Crippen LogP contribution in [0.1, 0.15) is 43.2 Å². The Morgan fingerprint density at radius 2 is 1.96 bits per heavy atom. The number of benzene rings is 1. The highest BCUT2D eigenvalue weighted by molar-refractivity contribution is 5.78. The van der Waals surface area contributed by atoms with Crippen molar-refractivity contribution >= 4 is 5.91 Å². The Bertz CT molecular complexity index is 599. The van der Waals surface area contributed by atoms with Gasteiger partial charge < -0.3 is 5.32 Å². The van der Waals surface area contributed by atoms with Gasteiger partial charge in [-0.3, -0.25) is 9.69 Å². The number of halogens is 3. The van der Waals surface area contributed by atoms with Gasteiger partial charge in [0.15, 0.2) is 0 Å². The number of hydrogen-bond donors (Lipinski definition) is 1. The molecule has 0 spiro atoms. The fourth-order valence-electron chi connectivity index (χ4n) is 3.61. The number of amides is 1. The summed E-state index contributed by atoms with van der Waals surface area (Å²) in [7, 11) is 0. The monoisotopic (exact) mass is 354 g/mol. The third-order valence-corrected chi connectivity index (χ3v) is 5.06. The van der Waals surface area contributed by atoms with Gasteiger partial charge in [-0.2, -0.15) is 13.2 Å². The maximum atomic E-state index is 13.1. The highest BCUT2D eigenvalue weighted by atomic mass is 19.4. The number of aryl methyl sites for hydroxylation is 1. The summed E-state index contributed by atoms with van der Waals surface area (Å²) in [6.07, 6.45) is 1.05. The molecular weight excluding hydrogens is 329 g/mol. The average molecular weight is 354 g/mol. The molecule has 25 heavy (non-hydrogen) atoms. The van der Waals surface area contributed by atoms with Crippen molar-refractivity contribution in [2.45, 2.75) is 50.7 Å². The first-order valence-corrected chi connectivity index (χ1v) is 9.08. The van der Waals surface area contributed by atoms with Crippen LogP contribution in [0, 0.1) is 5.92 Å². The minimum absolute atomic E-state index is 0.0746. The molecule has 0 bridgehead atoms. The van der Waals surface area contributed by atoms with Crippen molar-refractivity contribution in [1.29, 1.82) is 0 Å². The SMILES string of the molecule is O=C(CN1CCCC(CCc2ccccc2C(F)(F)F)C1)NC1CC1. The lowest BCUT2D eigenvalue weighted by Gasteiger charge is -2.32. The van der Waals surface area contributed by atoms with E-state index in [0.29, 0.717) is 30.5 Å². The second-order valence-corrected chi connectivity index (χ2v) is 7.28. The zero-order chi connectivity index (χ0) is 17.9. The van der Waals surface area contributed by atoms with Crippen molar-refractivity contribution in [3.8, 4) is 0 Å². The number of carbonyl (C=O) groups is 1. The molecule has 1 amide bonds.